The van der Waals surface area contributed by atoms with Crippen molar-refractivity contribution >= 4 is 27.7 Å². The second-order valence-corrected chi connectivity index (χ2v) is 5.33. The van der Waals surface area contributed by atoms with Crippen LogP contribution in [-0.4, -0.2) is 18.4 Å². The van der Waals surface area contributed by atoms with E-state index in [1.54, 1.807) is 6.07 Å². The Morgan fingerprint density at radius 2 is 2.00 bits per heavy atom. The van der Waals surface area contributed by atoms with Crippen LogP contribution in [0.15, 0.2) is 45.5 Å². The Morgan fingerprint density at radius 3 is 2.67 bits per heavy atom. The van der Waals surface area contributed by atoms with E-state index >= 15 is 0 Å². The van der Waals surface area contributed by atoms with Crippen LogP contribution in [0, 0.1) is 6.92 Å². The highest BCUT2D eigenvalue weighted by Crippen LogP contribution is 2.13. The molecule has 110 valence electrons. The first-order valence-corrected chi connectivity index (χ1v) is 7.19. The second-order valence-electron chi connectivity index (χ2n) is 4.55. The molecular formula is C15H15BrN2O3. The number of carbonyl (C=O) groups is 2. The van der Waals surface area contributed by atoms with Crippen LogP contribution in [0.25, 0.3) is 0 Å². The van der Waals surface area contributed by atoms with E-state index in [1.165, 1.54) is 6.07 Å². The molecular weight excluding hydrogens is 336 g/mol. The minimum atomic E-state index is -0.425. The Bertz CT molecular complexity index is 652. The summed E-state index contributed by atoms with van der Waals surface area (Å²) < 4.78 is 5.56. The summed E-state index contributed by atoms with van der Waals surface area (Å²) in [5.74, 6) is -0.518. The van der Waals surface area contributed by atoms with Crippen molar-refractivity contribution in [2.75, 3.05) is 6.54 Å². The fourth-order valence-corrected chi connectivity index (χ4v) is 2.08. The molecule has 2 amide bonds. The van der Waals surface area contributed by atoms with E-state index < -0.39 is 5.91 Å². The highest BCUT2D eigenvalue weighted by molar-refractivity contribution is 9.10. The van der Waals surface area contributed by atoms with Gasteiger partial charge in [-0.15, -0.1) is 0 Å². The van der Waals surface area contributed by atoms with Crippen molar-refractivity contribution in [2.24, 2.45) is 0 Å². The lowest BCUT2D eigenvalue weighted by molar-refractivity contribution is -0.120. The van der Waals surface area contributed by atoms with Crippen LogP contribution in [0.5, 0.6) is 0 Å². The number of amides is 2. The average Bonchev–Trinajstić information content (AvgIpc) is 2.89. The lowest BCUT2D eigenvalue weighted by atomic mass is 10.1. The zero-order valence-electron chi connectivity index (χ0n) is 11.5. The van der Waals surface area contributed by atoms with Crippen molar-refractivity contribution in [3.8, 4) is 0 Å². The third kappa shape index (κ3) is 4.75. The second kappa shape index (κ2) is 7.08. The summed E-state index contributed by atoms with van der Waals surface area (Å²) in [7, 11) is 0. The van der Waals surface area contributed by atoms with Crippen molar-refractivity contribution in [3.63, 3.8) is 0 Å². The molecule has 0 radical (unpaired) electrons. The van der Waals surface area contributed by atoms with Crippen molar-refractivity contribution in [1.82, 2.24) is 10.6 Å². The Labute approximate surface area is 130 Å². The minimum Gasteiger partial charge on any atom is -0.444 e. The Hall–Kier alpha value is -2.08. The van der Waals surface area contributed by atoms with E-state index in [-0.39, 0.29) is 18.2 Å². The fourth-order valence-electron chi connectivity index (χ4n) is 1.77. The molecule has 0 saturated heterocycles. The molecule has 0 aliphatic carbocycles. The largest absolute Gasteiger partial charge is 0.444 e. The molecule has 0 aliphatic rings. The molecule has 2 N–H and O–H groups in total. The number of carbonyl (C=O) groups excluding carboxylic acids is 2. The molecule has 0 atom stereocenters. The maximum Gasteiger partial charge on any atom is 0.287 e. The van der Waals surface area contributed by atoms with Gasteiger partial charge in [0, 0.05) is 6.54 Å². The summed E-state index contributed by atoms with van der Waals surface area (Å²) in [6.07, 6.45) is 0. The smallest absolute Gasteiger partial charge is 0.287 e. The number of rotatable bonds is 5. The third-order valence-electron chi connectivity index (χ3n) is 2.78. The molecule has 0 spiro atoms. The quantitative estimate of drug-likeness (QED) is 0.869. The van der Waals surface area contributed by atoms with E-state index in [9.17, 15) is 9.59 Å². The predicted octanol–water partition coefficient (Wildman–Crippen LogP) is 2.40. The van der Waals surface area contributed by atoms with Crippen LogP contribution in [-0.2, 0) is 11.3 Å². The number of aryl methyl sites for hydroxylation is 1. The Morgan fingerprint density at radius 1 is 1.19 bits per heavy atom. The number of hydrogen-bond donors (Lipinski definition) is 2. The van der Waals surface area contributed by atoms with Gasteiger partial charge in [0.15, 0.2) is 10.4 Å². The van der Waals surface area contributed by atoms with E-state index in [2.05, 4.69) is 26.6 Å². The number of halogens is 1. The minimum absolute atomic E-state index is 0.0943. The summed E-state index contributed by atoms with van der Waals surface area (Å²) in [5, 5.41) is 5.24. The molecule has 0 aliphatic heterocycles. The van der Waals surface area contributed by atoms with Crippen molar-refractivity contribution in [2.45, 2.75) is 13.5 Å². The van der Waals surface area contributed by atoms with Gasteiger partial charge >= 0.3 is 0 Å². The molecule has 1 aromatic carbocycles. The third-order valence-corrected chi connectivity index (χ3v) is 3.20. The lowest BCUT2D eigenvalue weighted by Gasteiger charge is -2.06. The number of furan rings is 1. The first kappa shape index (κ1) is 15.3. The summed E-state index contributed by atoms with van der Waals surface area (Å²) in [6, 6.07) is 11.0. The van der Waals surface area contributed by atoms with Crippen LogP contribution < -0.4 is 10.6 Å². The van der Waals surface area contributed by atoms with Crippen LogP contribution in [0.3, 0.4) is 0 Å². The van der Waals surface area contributed by atoms with Gasteiger partial charge in [-0.25, -0.2) is 0 Å². The summed E-state index contributed by atoms with van der Waals surface area (Å²) in [4.78, 5) is 23.4. The highest BCUT2D eigenvalue weighted by Gasteiger charge is 2.11. The van der Waals surface area contributed by atoms with Crippen molar-refractivity contribution in [1.29, 1.82) is 0 Å². The number of nitrogens with one attached hydrogen (secondary N) is 2. The van der Waals surface area contributed by atoms with E-state index in [0.29, 0.717) is 11.2 Å². The topological polar surface area (TPSA) is 71.3 Å². The van der Waals surface area contributed by atoms with Gasteiger partial charge in [-0.2, -0.15) is 0 Å². The first-order valence-electron chi connectivity index (χ1n) is 6.40. The molecule has 0 saturated carbocycles. The zero-order valence-corrected chi connectivity index (χ0v) is 13.1. The van der Waals surface area contributed by atoms with Gasteiger partial charge in [0.25, 0.3) is 5.91 Å². The monoisotopic (exact) mass is 350 g/mol. The van der Waals surface area contributed by atoms with Gasteiger partial charge in [0.05, 0.1) is 6.54 Å². The van der Waals surface area contributed by atoms with Gasteiger partial charge in [0.1, 0.15) is 0 Å². The van der Waals surface area contributed by atoms with E-state index in [4.69, 9.17) is 4.42 Å². The Balaban J connectivity index is 1.76. The molecule has 5 nitrogen and oxygen atoms in total. The molecule has 0 fully saturated rings. The van der Waals surface area contributed by atoms with Crippen LogP contribution in [0.2, 0.25) is 0 Å². The van der Waals surface area contributed by atoms with Gasteiger partial charge in [0.2, 0.25) is 5.91 Å². The standard InChI is InChI=1S/C15H15BrN2O3/c1-10-3-2-4-11(7-10)8-17-14(19)9-18-15(20)12-5-6-13(16)21-12/h2-7H,8-9H2,1H3,(H,17,19)(H,18,20). The summed E-state index contributed by atoms with van der Waals surface area (Å²) in [6.45, 7) is 2.33. The van der Waals surface area contributed by atoms with Crippen LogP contribution in [0.1, 0.15) is 21.7 Å². The number of hydrogen-bond acceptors (Lipinski definition) is 3. The molecule has 2 rings (SSSR count). The van der Waals surface area contributed by atoms with Gasteiger partial charge in [-0.1, -0.05) is 29.8 Å². The van der Waals surface area contributed by atoms with Crippen molar-refractivity contribution in [3.05, 3.63) is 58.0 Å². The normalized spacial score (nSPS) is 10.2. The van der Waals surface area contributed by atoms with Crippen LogP contribution >= 0.6 is 15.9 Å². The predicted molar refractivity (Wildman–Crippen MR) is 81.8 cm³/mol. The fraction of sp³-hybridized carbons (Fsp3) is 0.200. The van der Waals surface area contributed by atoms with Gasteiger partial charge < -0.3 is 15.1 Å². The molecule has 21 heavy (non-hydrogen) atoms. The van der Waals surface area contributed by atoms with Gasteiger partial charge in [-0.3, -0.25) is 9.59 Å². The molecule has 1 heterocycles. The van der Waals surface area contributed by atoms with Crippen molar-refractivity contribution < 1.29 is 14.0 Å². The number of benzene rings is 1. The van der Waals surface area contributed by atoms with Gasteiger partial charge in [-0.05, 0) is 40.5 Å². The van der Waals surface area contributed by atoms with Crippen LogP contribution in [0.4, 0.5) is 0 Å². The molecule has 0 bridgehead atoms. The molecule has 1 aromatic heterocycles. The average molecular weight is 351 g/mol. The Kier molecular flexibility index (Phi) is 5.16. The summed E-state index contributed by atoms with van der Waals surface area (Å²) in [5.41, 5.74) is 2.16. The lowest BCUT2D eigenvalue weighted by Crippen LogP contribution is -2.36. The zero-order chi connectivity index (χ0) is 15.2. The van der Waals surface area contributed by atoms with E-state index in [0.717, 1.165) is 11.1 Å². The maximum absolute atomic E-state index is 11.7. The molecule has 0 unspecified atom stereocenters. The maximum atomic E-state index is 11.7. The molecule has 2 aromatic rings. The SMILES string of the molecule is Cc1cccc(CNC(=O)CNC(=O)c2ccc(Br)o2)c1. The van der Waals surface area contributed by atoms with E-state index in [1.807, 2.05) is 31.2 Å². The first-order chi connectivity index (χ1) is 10.0. The molecule has 6 heteroatoms. The summed E-state index contributed by atoms with van der Waals surface area (Å²) >= 11 is 3.11. The highest BCUT2D eigenvalue weighted by atomic mass is 79.9.